The maximum atomic E-state index is 14.8. The van der Waals surface area contributed by atoms with Gasteiger partial charge in [-0.15, -0.1) is 0 Å². The number of nitrogens with zero attached hydrogens (tertiary/aromatic N) is 1. The predicted octanol–water partition coefficient (Wildman–Crippen LogP) is 6.84. The van der Waals surface area contributed by atoms with Gasteiger partial charge in [0.15, 0.2) is 0 Å². The molecule has 2 aromatic rings. The van der Waals surface area contributed by atoms with Crippen LogP contribution in [-0.2, 0) is 0 Å². The zero-order valence-electron chi connectivity index (χ0n) is 16.5. The molecule has 0 unspecified atom stereocenters. The molecule has 28 heavy (non-hydrogen) atoms. The summed E-state index contributed by atoms with van der Waals surface area (Å²) in [6, 6.07) is 11.7. The van der Waals surface area contributed by atoms with Crippen molar-refractivity contribution in [1.29, 1.82) is 0 Å². The molecule has 0 bridgehead atoms. The molecule has 2 nitrogen and oxygen atoms in total. The van der Waals surface area contributed by atoms with Crippen LogP contribution in [0, 0.1) is 11.6 Å². The molecule has 1 heterocycles. The molecule has 5 heteroatoms. The first-order valence-electron chi connectivity index (χ1n) is 9.16. The van der Waals surface area contributed by atoms with Crippen LogP contribution in [0.25, 0.3) is 11.3 Å². The minimum absolute atomic E-state index is 0.142. The maximum absolute atomic E-state index is 14.8. The van der Waals surface area contributed by atoms with E-state index in [0.29, 0.717) is 28.6 Å². The summed E-state index contributed by atoms with van der Waals surface area (Å²) in [7, 11) is 1.69. The van der Waals surface area contributed by atoms with Gasteiger partial charge in [-0.3, -0.25) is 0 Å². The summed E-state index contributed by atoms with van der Waals surface area (Å²) in [5, 5.41) is 0.418. The van der Waals surface area contributed by atoms with E-state index in [1.165, 1.54) is 12.1 Å². The highest BCUT2D eigenvalue weighted by Crippen LogP contribution is 2.41. The van der Waals surface area contributed by atoms with Crippen LogP contribution < -0.4 is 4.74 Å². The van der Waals surface area contributed by atoms with Crippen molar-refractivity contribution in [3.05, 3.63) is 88.6 Å². The number of allylic oxidation sites excluding steroid dienone is 3. The predicted molar refractivity (Wildman–Crippen MR) is 113 cm³/mol. The molecule has 0 aliphatic carbocycles. The van der Waals surface area contributed by atoms with E-state index >= 15 is 0 Å². The summed E-state index contributed by atoms with van der Waals surface area (Å²) in [6.07, 6.45) is 1.68. The SMILES string of the molecule is C=C1C(Cl)=CC(c2ccccc2)=C(c2c(F)cc(OCC)cc2F)N1C.CC. The monoisotopic (exact) mass is 403 g/mol. The van der Waals surface area contributed by atoms with Gasteiger partial charge in [-0.2, -0.15) is 0 Å². The van der Waals surface area contributed by atoms with Crippen molar-refractivity contribution in [3.63, 3.8) is 0 Å². The van der Waals surface area contributed by atoms with Crippen molar-refractivity contribution in [2.75, 3.05) is 13.7 Å². The third kappa shape index (κ3) is 4.28. The summed E-state index contributed by atoms with van der Waals surface area (Å²) >= 11 is 6.28. The zero-order valence-corrected chi connectivity index (χ0v) is 17.3. The molecular formula is C23H24ClF2NO. The van der Waals surface area contributed by atoms with Crippen LogP contribution in [0.15, 0.2) is 65.8 Å². The Morgan fingerprint density at radius 3 is 2.18 bits per heavy atom. The third-order valence-electron chi connectivity index (χ3n) is 4.19. The molecule has 0 N–H and O–H groups in total. The van der Waals surface area contributed by atoms with E-state index in [0.717, 1.165) is 5.56 Å². The first-order valence-corrected chi connectivity index (χ1v) is 9.54. The number of likely N-dealkylation sites (N-methyl/N-ethyl adjacent to an activating group) is 1. The Labute approximate surface area is 170 Å². The Morgan fingerprint density at radius 1 is 1.07 bits per heavy atom. The standard InChI is InChI=1S/C21H18ClF2NO.C2H6/c1-4-26-15-10-18(23)20(19(24)11-15)21-16(14-8-6-5-7-9-14)12-17(22)13(2)25(21)3;1-2/h5-12H,2,4H2,1,3H3;1-2H3. The van der Waals surface area contributed by atoms with Gasteiger partial charge >= 0.3 is 0 Å². The third-order valence-corrected chi connectivity index (χ3v) is 4.52. The van der Waals surface area contributed by atoms with E-state index in [2.05, 4.69) is 6.58 Å². The summed E-state index contributed by atoms with van der Waals surface area (Å²) in [6.45, 7) is 9.99. The summed E-state index contributed by atoms with van der Waals surface area (Å²) in [5.41, 5.74) is 2.11. The molecular weight excluding hydrogens is 380 g/mol. The topological polar surface area (TPSA) is 12.5 Å². The van der Waals surface area contributed by atoms with Gasteiger partial charge in [0.1, 0.15) is 17.4 Å². The largest absolute Gasteiger partial charge is 0.494 e. The molecule has 148 valence electrons. The molecule has 1 aliphatic heterocycles. The second-order valence-corrected chi connectivity index (χ2v) is 6.23. The Morgan fingerprint density at radius 2 is 1.64 bits per heavy atom. The van der Waals surface area contributed by atoms with Crippen molar-refractivity contribution in [2.45, 2.75) is 20.8 Å². The van der Waals surface area contributed by atoms with E-state index in [1.807, 2.05) is 44.2 Å². The van der Waals surface area contributed by atoms with Crippen LogP contribution in [0.3, 0.4) is 0 Å². The molecule has 0 aromatic heterocycles. The molecule has 1 aliphatic rings. The quantitative estimate of drug-likeness (QED) is 0.554. The van der Waals surface area contributed by atoms with Gasteiger partial charge in [-0.25, -0.2) is 8.78 Å². The summed E-state index contributed by atoms with van der Waals surface area (Å²) < 4.78 is 34.9. The van der Waals surface area contributed by atoms with E-state index in [-0.39, 0.29) is 11.3 Å². The highest BCUT2D eigenvalue weighted by Gasteiger charge is 2.28. The van der Waals surface area contributed by atoms with Crippen molar-refractivity contribution in [3.8, 4) is 5.75 Å². The lowest BCUT2D eigenvalue weighted by Gasteiger charge is -2.31. The smallest absolute Gasteiger partial charge is 0.139 e. The second-order valence-electron chi connectivity index (χ2n) is 5.82. The van der Waals surface area contributed by atoms with Crippen LogP contribution in [0.5, 0.6) is 5.75 Å². The fourth-order valence-electron chi connectivity index (χ4n) is 2.92. The van der Waals surface area contributed by atoms with E-state index in [1.54, 1.807) is 24.9 Å². The van der Waals surface area contributed by atoms with E-state index in [4.69, 9.17) is 16.3 Å². The van der Waals surface area contributed by atoms with Gasteiger partial charge in [0, 0.05) is 24.8 Å². The molecule has 0 spiro atoms. The molecule has 2 aromatic carbocycles. The van der Waals surface area contributed by atoms with Crippen LogP contribution in [-0.4, -0.2) is 18.6 Å². The highest BCUT2D eigenvalue weighted by atomic mass is 35.5. The number of hydrogen-bond acceptors (Lipinski definition) is 2. The van der Waals surface area contributed by atoms with Gasteiger partial charge < -0.3 is 9.64 Å². The van der Waals surface area contributed by atoms with E-state index < -0.39 is 11.6 Å². The minimum atomic E-state index is -0.706. The fraction of sp³-hybridized carbons (Fsp3) is 0.217. The highest BCUT2D eigenvalue weighted by molar-refractivity contribution is 6.33. The lowest BCUT2D eigenvalue weighted by atomic mass is 9.94. The fourth-order valence-corrected chi connectivity index (χ4v) is 3.16. The number of benzene rings is 2. The Balaban J connectivity index is 0.00000136. The van der Waals surface area contributed by atoms with Crippen molar-refractivity contribution < 1.29 is 13.5 Å². The minimum Gasteiger partial charge on any atom is -0.494 e. The Kier molecular flexibility index (Phi) is 7.41. The van der Waals surface area contributed by atoms with Gasteiger partial charge in [0.2, 0.25) is 0 Å². The number of rotatable bonds is 4. The van der Waals surface area contributed by atoms with Crippen LogP contribution >= 0.6 is 11.6 Å². The van der Waals surface area contributed by atoms with Crippen LogP contribution in [0.1, 0.15) is 31.9 Å². The number of halogens is 3. The van der Waals surface area contributed by atoms with E-state index in [9.17, 15) is 8.78 Å². The van der Waals surface area contributed by atoms with Gasteiger partial charge in [-0.1, -0.05) is 62.4 Å². The molecule has 0 saturated carbocycles. The average Bonchev–Trinajstić information content (AvgIpc) is 2.69. The normalized spacial score (nSPS) is 13.8. The first-order chi connectivity index (χ1) is 13.4. The van der Waals surface area contributed by atoms with Gasteiger partial charge in [-0.05, 0) is 18.6 Å². The molecule has 0 saturated heterocycles. The molecule has 3 rings (SSSR count). The van der Waals surface area contributed by atoms with Gasteiger partial charge in [0.05, 0.1) is 28.6 Å². The Bertz CT molecular complexity index is 896. The lowest BCUT2D eigenvalue weighted by molar-refractivity contribution is 0.335. The molecule has 0 amide bonds. The van der Waals surface area contributed by atoms with Gasteiger partial charge in [0.25, 0.3) is 0 Å². The molecule has 0 fully saturated rings. The zero-order chi connectivity index (χ0) is 20.8. The maximum Gasteiger partial charge on any atom is 0.139 e. The summed E-state index contributed by atoms with van der Waals surface area (Å²) in [4.78, 5) is 1.60. The molecule has 0 atom stereocenters. The summed E-state index contributed by atoms with van der Waals surface area (Å²) in [5.74, 6) is -1.26. The Hall–Kier alpha value is -2.59. The van der Waals surface area contributed by atoms with Crippen LogP contribution in [0.2, 0.25) is 0 Å². The number of hydrogen-bond donors (Lipinski definition) is 0. The first kappa shape index (κ1) is 21.7. The molecule has 0 radical (unpaired) electrons. The second kappa shape index (κ2) is 9.56. The van der Waals surface area contributed by atoms with Crippen molar-refractivity contribution in [1.82, 2.24) is 4.90 Å². The van der Waals surface area contributed by atoms with Crippen molar-refractivity contribution >= 4 is 22.9 Å². The number of ether oxygens (including phenoxy) is 1. The lowest BCUT2D eigenvalue weighted by Crippen LogP contribution is -2.22. The van der Waals surface area contributed by atoms with Crippen LogP contribution in [0.4, 0.5) is 8.78 Å². The average molecular weight is 404 g/mol. The van der Waals surface area contributed by atoms with Crippen molar-refractivity contribution in [2.24, 2.45) is 0 Å².